The van der Waals surface area contributed by atoms with E-state index < -0.39 is 10.7 Å². The van der Waals surface area contributed by atoms with Gasteiger partial charge < -0.3 is 10.2 Å². The van der Waals surface area contributed by atoms with Crippen LogP contribution in [0.4, 0.5) is 10.1 Å². The van der Waals surface area contributed by atoms with E-state index in [1.807, 2.05) is 0 Å². The molecule has 2 aromatic carbocycles. The fraction of sp³-hybridized carbons (Fsp3) is 0.0714. The van der Waals surface area contributed by atoms with Crippen molar-refractivity contribution in [3.05, 3.63) is 60.8 Å². The lowest BCUT2D eigenvalue weighted by Crippen LogP contribution is -1.97. The summed E-state index contributed by atoms with van der Waals surface area (Å²) in [6.45, 7) is 0. The van der Waals surface area contributed by atoms with Gasteiger partial charge in [-0.2, -0.15) is 5.10 Å². The minimum Gasteiger partial charge on any atom is -0.453 e. The number of nitrogens with one attached hydrogen (secondary N) is 1. The Hall–Kier alpha value is -2.00. The van der Waals surface area contributed by atoms with Crippen LogP contribution in [0.3, 0.4) is 0 Å². The Morgan fingerprint density at radius 3 is 2.61 bits per heavy atom. The highest BCUT2D eigenvalue weighted by Gasteiger charge is 2.14. The summed E-state index contributed by atoms with van der Waals surface area (Å²) in [6, 6.07) is 6.58. The Morgan fingerprint density at radius 1 is 1.26 bits per heavy atom. The molecule has 0 aliphatic carbocycles. The SMILES string of the molecule is CNN=Cc1cc(Oc2ccc([N+](=O)[O-])cc2F)c(Br)cc1Br. The number of rotatable bonds is 5. The number of halogens is 3. The smallest absolute Gasteiger partial charge is 0.272 e. The highest BCUT2D eigenvalue weighted by atomic mass is 79.9. The van der Waals surface area contributed by atoms with E-state index in [0.29, 0.717) is 15.8 Å². The van der Waals surface area contributed by atoms with Gasteiger partial charge in [0.1, 0.15) is 5.75 Å². The van der Waals surface area contributed by atoms with Crippen LogP contribution in [0.5, 0.6) is 11.5 Å². The number of nitrogens with zero attached hydrogens (tertiary/aromatic N) is 2. The Bertz CT molecular complexity index is 784. The van der Waals surface area contributed by atoms with Gasteiger partial charge in [-0.25, -0.2) is 4.39 Å². The molecule has 0 radical (unpaired) electrons. The minimum absolute atomic E-state index is 0.116. The zero-order valence-electron chi connectivity index (χ0n) is 11.7. The first kappa shape index (κ1) is 17.4. The standard InChI is InChI=1S/C14H10Br2FN3O3/c1-18-19-7-8-4-14(11(16)6-10(8)15)23-13-3-2-9(20(21)22)5-12(13)17/h2-7,18H,1H3. The molecule has 0 spiro atoms. The average Bonchev–Trinajstić information content (AvgIpc) is 2.50. The molecule has 0 saturated carbocycles. The highest BCUT2D eigenvalue weighted by molar-refractivity contribution is 9.11. The van der Waals surface area contributed by atoms with Crippen molar-refractivity contribution >= 4 is 43.8 Å². The van der Waals surface area contributed by atoms with E-state index in [4.69, 9.17) is 4.74 Å². The summed E-state index contributed by atoms with van der Waals surface area (Å²) in [6.07, 6.45) is 1.57. The summed E-state index contributed by atoms with van der Waals surface area (Å²) in [5.41, 5.74) is 2.99. The molecule has 9 heteroatoms. The molecule has 0 saturated heterocycles. The molecule has 0 atom stereocenters. The Labute approximate surface area is 147 Å². The van der Waals surface area contributed by atoms with Crippen LogP contribution in [0.2, 0.25) is 0 Å². The molecule has 0 aliphatic rings. The number of hydrogen-bond donors (Lipinski definition) is 1. The molecule has 0 heterocycles. The molecular formula is C14H10Br2FN3O3. The van der Waals surface area contributed by atoms with Crippen LogP contribution in [-0.2, 0) is 0 Å². The summed E-state index contributed by atoms with van der Waals surface area (Å²) in [4.78, 5) is 9.95. The van der Waals surface area contributed by atoms with E-state index in [9.17, 15) is 14.5 Å². The van der Waals surface area contributed by atoms with E-state index in [-0.39, 0.29) is 11.4 Å². The molecule has 2 rings (SSSR count). The molecular weight excluding hydrogens is 437 g/mol. The molecule has 0 aliphatic heterocycles. The van der Waals surface area contributed by atoms with Crippen LogP contribution in [0.25, 0.3) is 0 Å². The van der Waals surface area contributed by atoms with Crippen molar-refractivity contribution in [1.82, 2.24) is 5.43 Å². The van der Waals surface area contributed by atoms with Crippen LogP contribution >= 0.6 is 31.9 Å². The predicted molar refractivity (Wildman–Crippen MR) is 91.6 cm³/mol. The normalized spacial score (nSPS) is 10.8. The molecule has 0 bridgehead atoms. The van der Waals surface area contributed by atoms with E-state index in [0.717, 1.165) is 10.5 Å². The van der Waals surface area contributed by atoms with Gasteiger partial charge in [-0.05, 0) is 34.1 Å². The third kappa shape index (κ3) is 4.26. The quantitative estimate of drug-likeness (QED) is 0.413. The second-order valence-corrected chi connectivity index (χ2v) is 5.97. The molecule has 2 aromatic rings. The first-order valence-corrected chi connectivity index (χ1v) is 7.81. The number of nitro groups is 1. The Balaban J connectivity index is 2.36. The zero-order valence-corrected chi connectivity index (χ0v) is 14.9. The molecule has 0 aromatic heterocycles. The van der Waals surface area contributed by atoms with E-state index >= 15 is 0 Å². The van der Waals surface area contributed by atoms with Gasteiger partial charge in [-0.1, -0.05) is 15.9 Å². The van der Waals surface area contributed by atoms with Gasteiger partial charge in [0.05, 0.1) is 21.7 Å². The summed E-state index contributed by atoms with van der Waals surface area (Å²) in [5, 5.41) is 14.5. The molecule has 120 valence electrons. The Morgan fingerprint density at radius 2 is 2.00 bits per heavy atom. The van der Waals surface area contributed by atoms with Gasteiger partial charge in [0.15, 0.2) is 11.6 Å². The molecule has 1 N–H and O–H groups in total. The first-order valence-electron chi connectivity index (χ1n) is 6.23. The first-order chi connectivity index (χ1) is 10.9. The van der Waals surface area contributed by atoms with Crippen molar-refractivity contribution in [3.63, 3.8) is 0 Å². The monoisotopic (exact) mass is 445 g/mol. The van der Waals surface area contributed by atoms with E-state index in [1.165, 1.54) is 12.1 Å². The van der Waals surface area contributed by atoms with Crippen LogP contribution in [-0.4, -0.2) is 18.2 Å². The van der Waals surface area contributed by atoms with E-state index in [2.05, 4.69) is 42.4 Å². The average molecular weight is 447 g/mol. The summed E-state index contributed by atoms with van der Waals surface area (Å²) in [5.74, 6) is -0.590. The lowest BCUT2D eigenvalue weighted by atomic mass is 10.2. The lowest BCUT2D eigenvalue weighted by molar-refractivity contribution is -0.385. The van der Waals surface area contributed by atoms with Crippen LogP contribution in [0.15, 0.2) is 44.4 Å². The van der Waals surface area contributed by atoms with Gasteiger partial charge in [0, 0.05) is 23.2 Å². The maximum absolute atomic E-state index is 13.9. The number of nitro benzene ring substituents is 1. The van der Waals surface area contributed by atoms with Crippen LogP contribution in [0, 0.1) is 15.9 Å². The van der Waals surface area contributed by atoms with Gasteiger partial charge in [-0.3, -0.25) is 10.1 Å². The maximum atomic E-state index is 13.9. The van der Waals surface area contributed by atoms with Crippen LogP contribution in [0.1, 0.15) is 5.56 Å². The fourth-order valence-corrected chi connectivity index (χ4v) is 2.84. The van der Waals surface area contributed by atoms with Crippen molar-refractivity contribution in [1.29, 1.82) is 0 Å². The van der Waals surface area contributed by atoms with Gasteiger partial charge >= 0.3 is 0 Å². The van der Waals surface area contributed by atoms with Crippen molar-refractivity contribution < 1.29 is 14.1 Å². The number of hydrazone groups is 1. The highest BCUT2D eigenvalue weighted by Crippen LogP contribution is 2.35. The summed E-state index contributed by atoms with van der Waals surface area (Å²) in [7, 11) is 1.66. The van der Waals surface area contributed by atoms with Gasteiger partial charge in [-0.15, -0.1) is 0 Å². The largest absolute Gasteiger partial charge is 0.453 e. The Kier molecular flexibility index (Phi) is 5.67. The lowest BCUT2D eigenvalue weighted by Gasteiger charge is -2.10. The van der Waals surface area contributed by atoms with Gasteiger partial charge in [0.25, 0.3) is 5.69 Å². The van der Waals surface area contributed by atoms with Crippen molar-refractivity contribution in [2.75, 3.05) is 7.05 Å². The predicted octanol–water partition coefficient (Wildman–Crippen LogP) is 4.60. The second kappa shape index (κ2) is 7.51. The number of hydrogen-bond acceptors (Lipinski definition) is 5. The second-order valence-electron chi connectivity index (χ2n) is 4.26. The molecule has 0 fully saturated rings. The van der Waals surface area contributed by atoms with Crippen molar-refractivity contribution in [2.24, 2.45) is 5.10 Å². The number of non-ortho nitro benzene ring substituents is 1. The summed E-state index contributed by atoms with van der Waals surface area (Å²) >= 11 is 6.71. The molecule has 0 amide bonds. The van der Waals surface area contributed by atoms with Gasteiger partial charge in [0.2, 0.25) is 0 Å². The van der Waals surface area contributed by atoms with Crippen molar-refractivity contribution in [3.8, 4) is 11.5 Å². The third-order valence-corrected chi connectivity index (χ3v) is 4.04. The summed E-state index contributed by atoms with van der Waals surface area (Å²) < 4.78 is 20.8. The third-order valence-electron chi connectivity index (χ3n) is 2.73. The van der Waals surface area contributed by atoms with E-state index in [1.54, 1.807) is 25.4 Å². The molecule has 23 heavy (non-hydrogen) atoms. The minimum atomic E-state index is -0.820. The number of ether oxygens (including phenoxy) is 1. The van der Waals surface area contributed by atoms with Crippen LogP contribution < -0.4 is 10.2 Å². The molecule has 0 unspecified atom stereocenters. The number of benzene rings is 2. The maximum Gasteiger partial charge on any atom is 0.272 e. The topological polar surface area (TPSA) is 76.8 Å². The zero-order chi connectivity index (χ0) is 17.0. The fourth-order valence-electron chi connectivity index (χ4n) is 1.66. The molecule has 6 nitrogen and oxygen atoms in total. The van der Waals surface area contributed by atoms with Crippen molar-refractivity contribution in [2.45, 2.75) is 0 Å².